The van der Waals surface area contributed by atoms with Crippen molar-refractivity contribution in [2.75, 3.05) is 5.73 Å². The van der Waals surface area contributed by atoms with Crippen LogP contribution in [0.2, 0.25) is 0 Å². The number of carboxylic acids is 1. The van der Waals surface area contributed by atoms with Gasteiger partial charge in [-0.3, -0.25) is 14.5 Å². The van der Waals surface area contributed by atoms with Crippen molar-refractivity contribution in [2.45, 2.75) is 41.5 Å². The molecule has 0 saturated carbocycles. The summed E-state index contributed by atoms with van der Waals surface area (Å²) in [6.07, 6.45) is -4.43. The molecule has 2 aliphatic rings. The zero-order valence-electron chi connectivity index (χ0n) is 16.5. The number of thioether (sulfide) groups is 1. The van der Waals surface area contributed by atoms with Gasteiger partial charge in [-0.15, -0.1) is 15.1 Å². The lowest BCUT2D eigenvalue weighted by molar-refractivity contribution is -0.156. The van der Waals surface area contributed by atoms with Gasteiger partial charge in [-0.1, -0.05) is 34.4 Å². The highest BCUT2D eigenvalue weighted by Gasteiger charge is 2.54. The maximum atomic E-state index is 13.2. The van der Waals surface area contributed by atoms with E-state index in [0.29, 0.717) is 9.24 Å². The van der Waals surface area contributed by atoms with Crippen LogP contribution in [0.1, 0.15) is 29.5 Å². The van der Waals surface area contributed by atoms with Gasteiger partial charge in [0.25, 0.3) is 11.8 Å². The van der Waals surface area contributed by atoms with Crippen LogP contribution in [0.5, 0.6) is 0 Å². The number of fused-ring (bicyclic) bond motifs is 1. The van der Waals surface area contributed by atoms with Crippen LogP contribution < -0.4 is 11.1 Å². The van der Waals surface area contributed by atoms with Gasteiger partial charge >= 0.3 is 12.1 Å². The maximum Gasteiger partial charge on any atom is 0.427 e. The number of thiazole rings is 1. The van der Waals surface area contributed by atoms with Gasteiger partial charge in [-0.25, -0.2) is 9.78 Å². The number of alkyl halides is 3. The first-order valence-corrected chi connectivity index (χ1v) is 11.7. The van der Waals surface area contributed by atoms with Gasteiger partial charge < -0.3 is 16.2 Å². The van der Waals surface area contributed by atoms with Crippen molar-refractivity contribution >= 4 is 57.4 Å². The predicted molar refractivity (Wildman–Crippen MR) is 112 cm³/mol. The van der Waals surface area contributed by atoms with E-state index in [0.717, 1.165) is 16.7 Å². The molecule has 0 aliphatic carbocycles. The zero-order valence-corrected chi connectivity index (χ0v) is 18.9. The third-order valence-electron chi connectivity index (χ3n) is 4.98. The molecule has 4 N–H and O–H groups in total. The summed E-state index contributed by atoms with van der Waals surface area (Å²) in [4.78, 5) is 51.9. The minimum Gasteiger partial charge on any atom is -0.477 e. The molecule has 18 heteroatoms. The molecular formula is C16H12F3N7O5S3. The molecule has 2 aromatic rings. The van der Waals surface area contributed by atoms with Crippen molar-refractivity contribution in [3.8, 4) is 0 Å². The van der Waals surface area contributed by atoms with Crippen LogP contribution in [0, 0.1) is 4.91 Å². The monoisotopic (exact) mass is 535 g/mol. The van der Waals surface area contributed by atoms with Crippen LogP contribution in [0.25, 0.3) is 0 Å². The molecule has 12 nitrogen and oxygen atoms in total. The molecule has 2 amide bonds. The van der Waals surface area contributed by atoms with Crippen molar-refractivity contribution in [3.63, 3.8) is 0 Å². The number of nitrogens with two attached hydrogens (primary N) is 1. The average Bonchev–Trinajstić information content (AvgIpc) is 3.41. The summed E-state index contributed by atoms with van der Waals surface area (Å²) in [6.45, 7) is 0. The Labute approximate surface area is 199 Å². The van der Waals surface area contributed by atoms with E-state index in [2.05, 4.69) is 25.7 Å². The maximum absolute atomic E-state index is 13.2. The largest absolute Gasteiger partial charge is 0.477 e. The zero-order chi connectivity index (χ0) is 24.8. The first-order chi connectivity index (χ1) is 16.0. The lowest BCUT2D eigenvalue weighted by Gasteiger charge is -2.50. The lowest BCUT2D eigenvalue weighted by Crippen LogP contribution is -2.71. The fourth-order valence-electron chi connectivity index (χ4n) is 3.63. The van der Waals surface area contributed by atoms with Crippen LogP contribution >= 0.6 is 34.4 Å². The number of anilines is 1. The number of carbonyl (C=O) groups is 3. The number of aliphatic carboxylic acids is 1. The number of nitroso groups, excluding NO2 is 1. The molecule has 3 atom stereocenters. The number of rotatable bonds is 7. The van der Waals surface area contributed by atoms with E-state index in [-0.39, 0.29) is 29.9 Å². The minimum absolute atomic E-state index is 0.0500. The van der Waals surface area contributed by atoms with E-state index in [4.69, 9.17) is 5.73 Å². The van der Waals surface area contributed by atoms with Gasteiger partial charge in [0.05, 0.1) is 6.04 Å². The fourth-order valence-corrected chi connectivity index (χ4v) is 6.07. The van der Waals surface area contributed by atoms with Gasteiger partial charge in [0.1, 0.15) is 27.8 Å². The molecule has 1 saturated heterocycles. The van der Waals surface area contributed by atoms with Crippen molar-refractivity contribution < 1.29 is 32.7 Å². The Balaban J connectivity index is 1.54. The number of carboxylic acid groups (broad SMARTS) is 1. The molecule has 2 aromatic heterocycles. The molecule has 2 aliphatic heterocycles. The van der Waals surface area contributed by atoms with E-state index in [9.17, 15) is 37.6 Å². The summed E-state index contributed by atoms with van der Waals surface area (Å²) in [6, 6.07) is -4.21. The van der Waals surface area contributed by atoms with Crippen molar-refractivity contribution in [3.05, 3.63) is 31.6 Å². The Bertz CT molecular complexity index is 1200. The number of amides is 2. The van der Waals surface area contributed by atoms with E-state index >= 15 is 0 Å². The molecule has 34 heavy (non-hydrogen) atoms. The van der Waals surface area contributed by atoms with Gasteiger partial charge in [0.2, 0.25) is 6.04 Å². The second-order valence-electron chi connectivity index (χ2n) is 6.96. The molecular weight excluding hydrogens is 523 g/mol. The second-order valence-corrected chi connectivity index (χ2v) is 10.2. The molecule has 4 heterocycles. The third-order valence-corrected chi connectivity index (χ3v) is 7.85. The molecule has 0 aromatic carbocycles. The quantitative estimate of drug-likeness (QED) is 0.350. The topological polar surface area (TPSA) is 181 Å². The van der Waals surface area contributed by atoms with Gasteiger partial charge in [-0.2, -0.15) is 13.2 Å². The van der Waals surface area contributed by atoms with Gasteiger partial charge in [0, 0.05) is 4.91 Å². The summed E-state index contributed by atoms with van der Waals surface area (Å²) in [5.74, 6) is -3.43. The van der Waals surface area contributed by atoms with E-state index < -0.39 is 57.8 Å². The number of halogens is 3. The number of hydrogen-bond acceptors (Lipinski definition) is 12. The first kappa shape index (κ1) is 24.0. The number of nitrogen functional groups attached to an aromatic ring is 1. The Hall–Kier alpha value is -3.12. The lowest BCUT2D eigenvalue weighted by atomic mass is 9.86. The van der Waals surface area contributed by atoms with Crippen molar-refractivity contribution in [1.29, 1.82) is 0 Å². The highest BCUT2D eigenvalue weighted by Crippen LogP contribution is 2.44. The first-order valence-electron chi connectivity index (χ1n) is 9.22. The van der Waals surface area contributed by atoms with Crippen LogP contribution in [-0.2, 0) is 20.6 Å². The fraction of sp³-hybridized carbons (Fsp3) is 0.375. The predicted octanol–water partition coefficient (Wildman–Crippen LogP) is 1.98. The molecule has 4 rings (SSSR count). The summed E-state index contributed by atoms with van der Waals surface area (Å²) < 4.78 is 40.2. The number of hydrogen-bond donors (Lipinski definition) is 3. The molecule has 180 valence electrons. The molecule has 3 unspecified atom stereocenters. The number of allylic oxidation sites excluding steroid dienone is 1. The standard InChI is InChI=1S/C16H12F3N7O5S3/c17-16(18,19)10-7(23-14(20)34-10)8(25-31)11(27)22-6-4-1-2-5(33-15-24-21-3-32-15)9(13(29)30)26(4)12(6)28/h3-4,6,8H,1-2H2,(H2,20,23)(H,22,27)(H,29,30). The molecule has 1 fully saturated rings. The summed E-state index contributed by atoms with van der Waals surface area (Å²) in [5, 5.41) is 21.3. The number of nitrogens with zero attached hydrogens (tertiary/aromatic N) is 5. The molecule has 0 bridgehead atoms. The molecule has 0 spiro atoms. The highest BCUT2D eigenvalue weighted by atomic mass is 32.2. The number of carbonyl (C=O) groups excluding carboxylic acids is 2. The summed E-state index contributed by atoms with van der Waals surface area (Å²) >= 11 is 2.29. The Morgan fingerprint density at radius 3 is 2.74 bits per heavy atom. The van der Waals surface area contributed by atoms with Crippen LogP contribution in [0.15, 0.2) is 25.6 Å². The normalized spacial score (nSPS) is 21.0. The van der Waals surface area contributed by atoms with Crippen molar-refractivity contribution in [2.24, 2.45) is 5.18 Å². The average molecular weight is 536 g/mol. The van der Waals surface area contributed by atoms with E-state index in [1.807, 2.05) is 0 Å². The SMILES string of the molecule is Nc1nc(C(N=O)C(=O)NC2C(=O)N3C(C(=O)O)=C(Sc4nncs4)CCC23)c(C(F)(F)F)s1. The van der Waals surface area contributed by atoms with Crippen LogP contribution in [0.3, 0.4) is 0 Å². The summed E-state index contributed by atoms with van der Waals surface area (Å²) in [7, 11) is 0. The number of aromatic nitrogens is 3. The van der Waals surface area contributed by atoms with Gasteiger partial charge in [-0.05, 0) is 18.0 Å². The van der Waals surface area contributed by atoms with Gasteiger partial charge in [0.15, 0.2) is 9.47 Å². The Morgan fingerprint density at radius 2 is 2.15 bits per heavy atom. The van der Waals surface area contributed by atoms with E-state index in [1.54, 1.807) is 0 Å². The Morgan fingerprint density at radius 1 is 1.41 bits per heavy atom. The van der Waals surface area contributed by atoms with Crippen LogP contribution in [-0.4, -0.2) is 55.1 Å². The smallest absolute Gasteiger partial charge is 0.427 e. The highest BCUT2D eigenvalue weighted by molar-refractivity contribution is 8.04. The Kier molecular flexibility index (Phi) is 6.30. The summed E-state index contributed by atoms with van der Waals surface area (Å²) in [5.41, 5.74) is 5.55. The van der Waals surface area contributed by atoms with E-state index in [1.165, 1.54) is 16.8 Å². The van der Waals surface area contributed by atoms with Crippen LogP contribution in [0.4, 0.5) is 18.3 Å². The van der Waals surface area contributed by atoms with Crippen molar-refractivity contribution in [1.82, 2.24) is 25.4 Å². The third kappa shape index (κ3) is 4.23. The number of nitrogens with one attached hydrogen (secondary N) is 1. The number of β-lactam (4-membered cyclic amide) rings is 1. The second kappa shape index (κ2) is 8.91. The minimum atomic E-state index is -4.93. The molecule has 0 radical (unpaired) electrons.